The molecule has 0 radical (unpaired) electrons. The predicted octanol–water partition coefficient (Wildman–Crippen LogP) is 0.453. The molecule has 0 unspecified atom stereocenters. The molecule has 1 rings (SSSR count). The van der Waals surface area contributed by atoms with Gasteiger partial charge in [-0.05, 0) is 12.1 Å². The average molecular weight is 153 g/mol. The van der Waals surface area contributed by atoms with E-state index in [2.05, 4.69) is 20.1 Å². The third kappa shape index (κ3) is 1.29. The molecule has 0 N–H and O–H groups in total. The van der Waals surface area contributed by atoms with Crippen LogP contribution in [0.5, 0.6) is 0 Å². The molecule has 0 saturated carbocycles. The van der Waals surface area contributed by atoms with E-state index in [0.29, 0.717) is 5.69 Å². The van der Waals surface area contributed by atoms with Gasteiger partial charge in [-0.3, -0.25) is 0 Å². The Morgan fingerprint density at radius 3 is 2.91 bits per heavy atom. The van der Waals surface area contributed by atoms with Crippen LogP contribution < -0.4 is 0 Å². The van der Waals surface area contributed by atoms with Crippen LogP contribution in [0, 0.1) is 23.6 Å². The lowest BCUT2D eigenvalue weighted by Crippen LogP contribution is -1.92. The lowest BCUT2D eigenvalue weighted by atomic mass is 10.5. The minimum atomic E-state index is -0.105. The molecule has 0 saturated heterocycles. The van der Waals surface area contributed by atoms with Crippen LogP contribution in [0.4, 0.5) is 5.82 Å². The smallest absolute Gasteiger partial charge is 0.422 e. The molecule has 0 aliphatic rings. The topological polar surface area (TPSA) is 101 Å². The number of nitrogens with zero attached hydrogens (tertiary/aromatic N) is 5. The van der Waals surface area contributed by atoms with Gasteiger partial charge in [-0.2, -0.15) is 5.26 Å². The summed E-state index contributed by atoms with van der Waals surface area (Å²) in [6.45, 7) is 1.52. The number of rotatable bonds is 1. The minimum Gasteiger partial charge on any atom is -0.690 e. The molecule has 0 amide bonds. The molecule has 1 heterocycles. The van der Waals surface area contributed by atoms with Crippen molar-refractivity contribution in [3.8, 4) is 6.19 Å². The second kappa shape index (κ2) is 2.74. The van der Waals surface area contributed by atoms with Crippen molar-refractivity contribution in [2.75, 3.05) is 0 Å². The molecule has 56 valence electrons. The van der Waals surface area contributed by atoms with E-state index in [9.17, 15) is 5.21 Å². The van der Waals surface area contributed by atoms with Gasteiger partial charge in [0, 0.05) is 5.11 Å². The summed E-state index contributed by atoms with van der Waals surface area (Å²) in [7, 11) is 0. The highest BCUT2D eigenvalue weighted by molar-refractivity contribution is 5.19. The third-order valence-corrected chi connectivity index (χ3v) is 0.945. The number of hydrogen-bond donors (Lipinski definition) is 0. The molecule has 1 aromatic heterocycles. The zero-order valence-electron chi connectivity index (χ0n) is 5.55. The van der Waals surface area contributed by atoms with Crippen LogP contribution >= 0.6 is 0 Å². The summed E-state index contributed by atoms with van der Waals surface area (Å²) in [4.78, 5) is 0.0475. The largest absolute Gasteiger partial charge is 0.690 e. The Kier molecular flexibility index (Phi) is 1.78. The van der Waals surface area contributed by atoms with Gasteiger partial charge in [-0.25, -0.2) is 0 Å². The summed E-state index contributed by atoms with van der Waals surface area (Å²) in [5, 5.41) is 28.1. The van der Waals surface area contributed by atoms with E-state index in [-0.39, 0.29) is 10.7 Å². The van der Waals surface area contributed by atoms with Gasteiger partial charge in [0.1, 0.15) is 0 Å². The van der Waals surface area contributed by atoms with Crippen molar-refractivity contribution in [3.05, 3.63) is 10.9 Å². The van der Waals surface area contributed by atoms with Crippen molar-refractivity contribution in [3.63, 3.8) is 0 Å². The van der Waals surface area contributed by atoms with Gasteiger partial charge in [-0.15, -0.1) is 9.49 Å². The van der Waals surface area contributed by atoms with Crippen molar-refractivity contribution in [2.24, 2.45) is 5.11 Å². The van der Waals surface area contributed by atoms with Crippen LogP contribution in [0.15, 0.2) is 9.74 Å². The van der Waals surface area contributed by atoms with Gasteiger partial charge in [0.05, 0.1) is 0 Å². The number of nitriles is 1. The molecular formula is C4H3N5O2. The Balaban J connectivity index is 3.04. The predicted molar refractivity (Wildman–Crippen MR) is 30.4 cm³/mol. The van der Waals surface area contributed by atoms with Crippen LogP contribution in [0.2, 0.25) is 0 Å². The molecule has 11 heavy (non-hydrogen) atoms. The number of hydrogen-bond acceptors (Lipinski definition) is 6. The van der Waals surface area contributed by atoms with Crippen LogP contribution in [0.1, 0.15) is 5.69 Å². The molecule has 7 heteroatoms. The Labute approximate surface area is 61.1 Å². The quantitative estimate of drug-likeness (QED) is 0.252. The van der Waals surface area contributed by atoms with Gasteiger partial charge in [-0.1, -0.05) is 0 Å². The van der Waals surface area contributed by atoms with Crippen molar-refractivity contribution in [1.29, 1.82) is 5.26 Å². The molecule has 0 fully saturated rings. The molecule has 1 aromatic rings. The number of aromatic nitrogens is 2. The fraction of sp³-hybridized carbons (Fsp3) is 0.250. The van der Waals surface area contributed by atoms with E-state index in [4.69, 9.17) is 5.26 Å². The molecule has 0 aromatic carbocycles. The van der Waals surface area contributed by atoms with Crippen molar-refractivity contribution in [1.82, 2.24) is 10.3 Å². The highest BCUT2D eigenvalue weighted by Crippen LogP contribution is 2.10. The summed E-state index contributed by atoms with van der Waals surface area (Å²) < 4.78 is 4.20. The highest BCUT2D eigenvalue weighted by Gasteiger charge is 2.15. The maximum atomic E-state index is 10.7. The summed E-state index contributed by atoms with van der Waals surface area (Å²) in [5.74, 6) is -0.105. The van der Waals surface area contributed by atoms with Crippen molar-refractivity contribution >= 4 is 5.82 Å². The van der Waals surface area contributed by atoms with Gasteiger partial charge in [0.15, 0.2) is 10.9 Å². The van der Waals surface area contributed by atoms with E-state index in [1.165, 1.54) is 13.1 Å². The SMILES string of the molecule is Cc1nonc1[N+]([O-])=NC#N. The first kappa shape index (κ1) is 7.14. The van der Waals surface area contributed by atoms with Crippen LogP contribution in [-0.2, 0) is 0 Å². The lowest BCUT2D eigenvalue weighted by Gasteiger charge is -1.93. The lowest BCUT2D eigenvalue weighted by molar-refractivity contribution is -0.441. The molecular weight excluding hydrogens is 150 g/mol. The standard InChI is InChI=1S/C4H3N5O2/c1-3-4(8-11-7-3)9(10)6-2-5/h1H3. The van der Waals surface area contributed by atoms with E-state index in [1.807, 2.05) is 0 Å². The highest BCUT2D eigenvalue weighted by atomic mass is 16.6. The number of aryl methyl sites for hydroxylation is 1. The normalized spacial score (nSPS) is 11.1. The summed E-state index contributed by atoms with van der Waals surface area (Å²) in [5.41, 5.74) is 0.291. The minimum absolute atomic E-state index is 0.0475. The first-order valence-corrected chi connectivity index (χ1v) is 2.62. The fourth-order valence-electron chi connectivity index (χ4n) is 0.489. The Morgan fingerprint density at radius 1 is 1.73 bits per heavy atom. The van der Waals surface area contributed by atoms with E-state index >= 15 is 0 Å². The maximum absolute atomic E-state index is 10.7. The zero-order chi connectivity index (χ0) is 8.27. The maximum Gasteiger partial charge on any atom is 0.422 e. The molecule has 0 aliphatic carbocycles. The summed E-state index contributed by atoms with van der Waals surface area (Å²) >= 11 is 0. The summed E-state index contributed by atoms with van der Waals surface area (Å²) in [6.07, 6.45) is 1.31. The summed E-state index contributed by atoms with van der Waals surface area (Å²) in [6, 6.07) is 0. The Morgan fingerprint density at radius 2 is 2.45 bits per heavy atom. The van der Waals surface area contributed by atoms with Gasteiger partial charge >= 0.3 is 5.82 Å². The second-order valence-electron chi connectivity index (χ2n) is 1.65. The zero-order valence-corrected chi connectivity index (χ0v) is 5.55. The van der Waals surface area contributed by atoms with Crippen LogP contribution in [-0.4, -0.2) is 15.2 Å². The molecule has 0 bridgehead atoms. The van der Waals surface area contributed by atoms with Gasteiger partial charge in [0.25, 0.3) is 0 Å². The van der Waals surface area contributed by atoms with E-state index < -0.39 is 0 Å². The van der Waals surface area contributed by atoms with Crippen LogP contribution in [0.25, 0.3) is 0 Å². The average Bonchev–Trinajstić information content (AvgIpc) is 2.36. The monoisotopic (exact) mass is 153 g/mol. The molecule has 7 nitrogen and oxygen atoms in total. The van der Waals surface area contributed by atoms with Crippen molar-refractivity contribution in [2.45, 2.75) is 6.92 Å². The van der Waals surface area contributed by atoms with Crippen molar-refractivity contribution < 1.29 is 9.49 Å². The molecule has 0 spiro atoms. The third-order valence-electron chi connectivity index (χ3n) is 0.945. The first-order valence-electron chi connectivity index (χ1n) is 2.62. The molecule has 0 aliphatic heterocycles. The van der Waals surface area contributed by atoms with E-state index in [1.54, 1.807) is 0 Å². The Bertz CT molecular complexity index is 321. The van der Waals surface area contributed by atoms with Crippen LogP contribution in [0.3, 0.4) is 0 Å². The van der Waals surface area contributed by atoms with Gasteiger partial charge < -0.3 is 5.21 Å². The van der Waals surface area contributed by atoms with E-state index in [0.717, 1.165) is 0 Å². The Hall–Kier alpha value is -1.97. The number of azo groups is 1. The van der Waals surface area contributed by atoms with Gasteiger partial charge in [0.2, 0.25) is 6.19 Å². The second-order valence-corrected chi connectivity index (χ2v) is 1.65. The molecule has 0 atom stereocenters. The fourth-order valence-corrected chi connectivity index (χ4v) is 0.489. The first-order chi connectivity index (χ1) is 5.25.